The Morgan fingerprint density at radius 3 is 2.53 bits per heavy atom. The minimum Gasteiger partial charge on any atom is -0.380 e. The Morgan fingerprint density at radius 2 is 2.13 bits per heavy atom. The molecule has 0 fully saturated rings. The molecule has 1 atom stereocenters. The Morgan fingerprint density at radius 1 is 1.53 bits per heavy atom. The van der Waals surface area contributed by atoms with Crippen molar-refractivity contribution >= 4 is 5.91 Å². The van der Waals surface area contributed by atoms with E-state index in [2.05, 4.69) is 19.2 Å². The first-order valence-electron chi connectivity index (χ1n) is 5.55. The van der Waals surface area contributed by atoms with Crippen LogP contribution in [-0.4, -0.2) is 31.2 Å². The van der Waals surface area contributed by atoms with Gasteiger partial charge in [-0.15, -0.1) is 0 Å². The Kier molecular flexibility index (Phi) is 6.52. The summed E-state index contributed by atoms with van der Waals surface area (Å²) in [5.41, 5.74) is 4.77. The summed E-state index contributed by atoms with van der Waals surface area (Å²) < 4.78 is 5.20. The fourth-order valence-electron chi connectivity index (χ4n) is 1.62. The van der Waals surface area contributed by atoms with Crippen molar-refractivity contribution in [1.82, 2.24) is 5.32 Å². The molecule has 90 valence electrons. The second-order valence-electron chi connectivity index (χ2n) is 4.42. The normalized spacial score (nSPS) is 15.3. The number of ether oxygens (including phenoxy) is 1. The van der Waals surface area contributed by atoms with Crippen LogP contribution in [0.4, 0.5) is 0 Å². The molecule has 0 aliphatic heterocycles. The van der Waals surface area contributed by atoms with Crippen LogP contribution in [0.3, 0.4) is 0 Å². The molecular formula is C11H24N2O2. The zero-order valence-corrected chi connectivity index (χ0v) is 10.3. The smallest absolute Gasteiger partial charge is 0.237 e. The van der Waals surface area contributed by atoms with Crippen LogP contribution in [0.2, 0.25) is 0 Å². The summed E-state index contributed by atoms with van der Waals surface area (Å²) in [4.78, 5) is 11.3. The molecule has 0 saturated heterocycles. The quantitative estimate of drug-likeness (QED) is 0.593. The molecule has 0 bridgehead atoms. The van der Waals surface area contributed by atoms with Crippen molar-refractivity contribution in [2.45, 2.75) is 39.7 Å². The molecule has 0 aliphatic carbocycles. The Balaban J connectivity index is 4.08. The Hall–Kier alpha value is -0.610. The van der Waals surface area contributed by atoms with E-state index in [-0.39, 0.29) is 5.91 Å². The van der Waals surface area contributed by atoms with Crippen molar-refractivity contribution in [1.29, 1.82) is 0 Å². The summed E-state index contributed by atoms with van der Waals surface area (Å²) in [6, 6.07) is 0. The monoisotopic (exact) mass is 216 g/mol. The highest BCUT2D eigenvalue weighted by molar-refractivity contribution is 5.84. The Bertz CT molecular complexity index is 195. The van der Waals surface area contributed by atoms with Gasteiger partial charge in [-0.2, -0.15) is 0 Å². The van der Waals surface area contributed by atoms with Gasteiger partial charge in [-0.1, -0.05) is 13.8 Å². The first kappa shape index (κ1) is 14.4. The SMILES string of the molecule is CCOCCNC(C)(CC(C)C)C(N)=O. The molecule has 15 heavy (non-hydrogen) atoms. The van der Waals surface area contributed by atoms with Crippen molar-refractivity contribution in [3.8, 4) is 0 Å². The van der Waals surface area contributed by atoms with E-state index >= 15 is 0 Å². The van der Waals surface area contributed by atoms with Crippen molar-refractivity contribution in [3.05, 3.63) is 0 Å². The number of nitrogens with two attached hydrogens (primary N) is 1. The predicted molar refractivity (Wildman–Crippen MR) is 61.6 cm³/mol. The third-order valence-corrected chi connectivity index (χ3v) is 2.33. The van der Waals surface area contributed by atoms with Gasteiger partial charge in [0.1, 0.15) is 0 Å². The van der Waals surface area contributed by atoms with Crippen LogP contribution in [0, 0.1) is 5.92 Å². The fourth-order valence-corrected chi connectivity index (χ4v) is 1.62. The lowest BCUT2D eigenvalue weighted by molar-refractivity contribution is -0.124. The molecular weight excluding hydrogens is 192 g/mol. The van der Waals surface area contributed by atoms with Crippen molar-refractivity contribution in [3.63, 3.8) is 0 Å². The number of carbonyl (C=O) groups is 1. The summed E-state index contributed by atoms with van der Waals surface area (Å²) in [7, 11) is 0. The molecule has 4 nitrogen and oxygen atoms in total. The van der Waals surface area contributed by atoms with E-state index in [4.69, 9.17) is 10.5 Å². The summed E-state index contributed by atoms with van der Waals surface area (Å²) in [5, 5.41) is 3.16. The molecule has 1 unspecified atom stereocenters. The zero-order valence-electron chi connectivity index (χ0n) is 10.3. The average Bonchev–Trinajstić information content (AvgIpc) is 2.11. The average molecular weight is 216 g/mol. The lowest BCUT2D eigenvalue weighted by Crippen LogP contribution is -2.54. The van der Waals surface area contributed by atoms with Crippen LogP contribution >= 0.6 is 0 Å². The summed E-state index contributed by atoms with van der Waals surface area (Å²) in [5.74, 6) is 0.134. The van der Waals surface area contributed by atoms with Gasteiger partial charge in [-0.3, -0.25) is 4.79 Å². The van der Waals surface area contributed by atoms with Crippen molar-refractivity contribution in [2.24, 2.45) is 11.7 Å². The lowest BCUT2D eigenvalue weighted by Gasteiger charge is -2.29. The standard InChI is InChI=1S/C11H24N2O2/c1-5-15-7-6-13-11(4,10(12)14)8-9(2)3/h9,13H,5-8H2,1-4H3,(H2,12,14). The van der Waals surface area contributed by atoms with Crippen LogP contribution in [-0.2, 0) is 9.53 Å². The van der Waals surface area contributed by atoms with E-state index in [0.717, 1.165) is 6.42 Å². The molecule has 1 amide bonds. The minimum absolute atomic E-state index is 0.298. The maximum Gasteiger partial charge on any atom is 0.237 e. The van der Waals surface area contributed by atoms with Gasteiger partial charge < -0.3 is 15.8 Å². The van der Waals surface area contributed by atoms with Crippen molar-refractivity contribution < 1.29 is 9.53 Å². The Labute approximate surface area is 92.6 Å². The van der Waals surface area contributed by atoms with E-state index in [9.17, 15) is 4.79 Å². The highest BCUT2D eigenvalue weighted by atomic mass is 16.5. The highest BCUT2D eigenvalue weighted by Gasteiger charge is 2.30. The van der Waals surface area contributed by atoms with Gasteiger partial charge in [0.15, 0.2) is 0 Å². The lowest BCUT2D eigenvalue weighted by atomic mass is 9.90. The number of hydrogen-bond donors (Lipinski definition) is 2. The van der Waals surface area contributed by atoms with Gasteiger partial charge in [0.25, 0.3) is 0 Å². The van der Waals surface area contributed by atoms with Gasteiger partial charge in [0, 0.05) is 13.2 Å². The molecule has 0 aromatic carbocycles. The molecule has 0 aliphatic rings. The minimum atomic E-state index is -0.620. The van der Waals surface area contributed by atoms with Crippen LogP contribution in [0.15, 0.2) is 0 Å². The van der Waals surface area contributed by atoms with E-state index in [1.165, 1.54) is 0 Å². The third-order valence-electron chi connectivity index (χ3n) is 2.33. The molecule has 0 aromatic rings. The number of nitrogens with one attached hydrogen (secondary N) is 1. The second kappa shape index (κ2) is 6.80. The molecule has 3 N–H and O–H groups in total. The molecule has 0 spiro atoms. The number of primary amides is 1. The number of hydrogen-bond acceptors (Lipinski definition) is 3. The van der Waals surface area contributed by atoms with E-state index in [0.29, 0.717) is 25.7 Å². The van der Waals surface area contributed by atoms with Gasteiger partial charge in [0.05, 0.1) is 12.1 Å². The summed E-state index contributed by atoms with van der Waals surface area (Å²) in [6.07, 6.45) is 0.745. The van der Waals surface area contributed by atoms with Crippen LogP contribution in [0.5, 0.6) is 0 Å². The molecule has 0 rings (SSSR count). The largest absolute Gasteiger partial charge is 0.380 e. The van der Waals surface area contributed by atoms with Gasteiger partial charge in [-0.05, 0) is 26.2 Å². The van der Waals surface area contributed by atoms with Gasteiger partial charge in [-0.25, -0.2) is 0 Å². The summed E-state index contributed by atoms with van der Waals surface area (Å²) in [6.45, 7) is 9.90. The number of rotatable bonds is 8. The number of carbonyl (C=O) groups excluding carboxylic acids is 1. The predicted octanol–water partition coefficient (Wildman–Crippen LogP) is 0.903. The first-order valence-corrected chi connectivity index (χ1v) is 5.55. The maximum absolute atomic E-state index is 11.3. The van der Waals surface area contributed by atoms with E-state index < -0.39 is 5.54 Å². The molecule has 0 heterocycles. The second-order valence-corrected chi connectivity index (χ2v) is 4.42. The van der Waals surface area contributed by atoms with Gasteiger partial charge in [0.2, 0.25) is 5.91 Å². The van der Waals surface area contributed by atoms with E-state index in [1.54, 1.807) is 0 Å². The van der Waals surface area contributed by atoms with Gasteiger partial charge >= 0.3 is 0 Å². The maximum atomic E-state index is 11.3. The third kappa shape index (κ3) is 5.74. The van der Waals surface area contributed by atoms with Crippen LogP contribution < -0.4 is 11.1 Å². The molecule has 0 aromatic heterocycles. The van der Waals surface area contributed by atoms with E-state index in [1.807, 2.05) is 13.8 Å². The van der Waals surface area contributed by atoms with Crippen LogP contribution in [0.25, 0.3) is 0 Å². The molecule has 0 saturated carbocycles. The van der Waals surface area contributed by atoms with Crippen molar-refractivity contribution in [2.75, 3.05) is 19.8 Å². The molecule has 0 radical (unpaired) electrons. The van der Waals surface area contributed by atoms with Crippen LogP contribution in [0.1, 0.15) is 34.1 Å². The fraction of sp³-hybridized carbons (Fsp3) is 0.909. The molecule has 4 heteroatoms. The zero-order chi connectivity index (χ0) is 11.9. The summed E-state index contributed by atoms with van der Waals surface area (Å²) >= 11 is 0. The first-order chi connectivity index (χ1) is 6.92. The highest BCUT2D eigenvalue weighted by Crippen LogP contribution is 2.15. The topological polar surface area (TPSA) is 64.3 Å². The number of amides is 1.